The van der Waals surface area contributed by atoms with Crippen LogP contribution in [0.5, 0.6) is 0 Å². The van der Waals surface area contributed by atoms with Gasteiger partial charge in [0, 0.05) is 24.2 Å². The lowest BCUT2D eigenvalue weighted by Gasteiger charge is -2.59. The summed E-state index contributed by atoms with van der Waals surface area (Å²) in [6.45, 7) is 9.19. The number of carbonyl (C=O) groups is 4. The Kier molecular flexibility index (Phi) is 7.10. The molecule has 0 aromatic heterocycles. The first kappa shape index (κ1) is 26.8. The second-order valence-corrected chi connectivity index (χ2v) is 11.9. The highest BCUT2D eigenvalue weighted by Gasteiger charge is 2.66. The zero-order valence-electron chi connectivity index (χ0n) is 22.2. The second-order valence-electron chi connectivity index (χ2n) is 11.9. The van der Waals surface area contributed by atoms with E-state index in [2.05, 4.69) is 13.8 Å². The van der Waals surface area contributed by atoms with Crippen LogP contribution in [-0.4, -0.2) is 40.8 Å². The number of fused-ring (bicyclic) bond motifs is 5. The van der Waals surface area contributed by atoms with Gasteiger partial charge in [-0.2, -0.15) is 0 Å². The van der Waals surface area contributed by atoms with Gasteiger partial charge in [-0.1, -0.05) is 39.7 Å². The fourth-order valence-corrected chi connectivity index (χ4v) is 8.05. The van der Waals surface area contributed by atoms with Crippen molar-refractivity contribution in [1.29, 1.82) is 0 Å². The summed E-state index contributed by atoms with van der Waals surface area (Å²) in [7, 11) is 0. The number of rotatable bonds is 7. The van der Waals surface area contributed by atoms with Gasteiger partial charge in [0.2, 0.25) is 11.6 Å². The zero-order chi connectivity index (χ0) is 26.5. The van der Waals surface area contributed by atoms with Crippen molar-refractivity contribution < 1.29 is 33.8 Å². The van der Waals surface area contributed by atoms with E-state index in [-0.39, 0.29) is 48.2 Å². The monoisotopic (exact) mass is 500 g/mol. The van der Waals surface area contributed by atoms with Crippen LogP contribution in [0.25, 0.3) is 0 Å². The number of esters is 2. The molecule has 0 amide bonds. The van der Waals surface area contributed by atoms with Gasteiger partial charge in [-0.25, -0.2) is 0 Å². The highest BCUT2D eigenvalue weighted by Crippen LogP contribution is 2.68. The third-order valence-electron chi connectivity index (χ3n) is 9.91. The maximum atomic E-state index is 13.3. The van der Waals surface area contributed by atoms with Crippen LogP contribution in [0.3, 0.4) is 0 Å². The third kappa shape index (κ3) is 4.17. The van der Waals surface area contributed by atoms with Gasteiger partial charge in [0.1, 0.15) is 5.60 Å². The van der Waals surface area contributed by atoms with Crippen molar-refractivity contribution in [2.45, 2.75) is 91.6 Å². The highest BCUT2D eigenvalue weighted by molar-refractivity contribution is 6.05. The second kappa shape index (κ2) is 9.55. The van der Waals surface area contributed by atoms with E-state index in [0.717, 1.165) is 31.3 Å². The molecule has 0 aromatic rings. The summed E-state index contributed by atoms with van der Waals surface area (Å²) in [6.07, 6.45) is 8.79. The fraction of sp³-hybridized carbons (Fsp3) is 0.724. The van der Waals surface area contributed by atoms with Crippen LogP contribution in [0.2, 0.25) is 0 Å². The minimum Gasteiger partial charge on any atom is -0.458 e. The molecule has 0 aromatic carbocycles. The summed E-state index contributed by atoms with van der Waals surface area (Å²) in [5.74, 6) is -0.734. The van der Waals surface area contributed by atoms with Crippen molar-refractivity contribution in [3.63, 3.8) is 0 Å². The van der Waals surface area contributed by atoms with Crippen LogP contribution < -0.4 is 0 Å². The maximum Gasteiger partial charge on any atom is 0.308 e. The predicted molar refractivity (Wildman–Crippen MR) is 132 cm³/mol. The smallest absolute Gasteiger partial charge is 0.308 e. The molecule has 36 heavy (non-hydrogen) atoms. The molecule has 7 atom stereocenters. The van der Waals surface area contributed by atoms with Crippen LogP contribution in [0.15, 0.2) is 23.5 Å². The average Bonchev–Trinajstić information content (AvgIpc) is 3.09. The van der Waals surface area contributed by atoms with Crippen LogP contribution in [0.4, 0.5) is 0 Å². The molecule has 3 fully saturated rings. The molecule has 0 bridgehead atoms. The Morgan fingerprint density at radius 1 is 1.14 bits per heavy atom. The van der Waals surface area contributed by atoms with E-state index >= 15 is 0 Å². The number of ether oxygens (including phenoxy) is 2. The van der Waals surface area contributed by atoms with Gasteiger partial charge in [0.05, 0.1) is 0 Å². The lowest BCUT2D eigenvalue weighted by atomic mass is 9.45. The molecule has 0 radical (unpaired) electrons. The molecular weight excluding hydrogens is 460 g/mol. The Balaban J connectivity index is 1.58. The van der Waals surface area contributed by atoms with E-state index in [4.69, 9.17) is 9.47 Å². The summed E-state index contributed by atoms with van der Waals surface area (Å²) in [4.78, 5) is 49.5. The molecule has 0 unspecified atom stereocenters. The molecule has 7 nitrogen and oxygen atoms in total. The molecule has 0 saturated heterocycles. The highest BCUT2D eigenvalue weighted by atomic mass is 16.5. The number of aliphatic hydroxyl groups is 1. The van der Waals surface area contributed by atoms with Gasteiger partial charge in [0.15, 0.2) is 12.4 Å². The number of carbonyl (C=O) groups excluding carboxylic acids is 4. The van der Waals surface area contributed by atoms with Crippen LogP contribution >= 0.6 is 0 Å². The van der Waals surface area contributed by atoms with Gasteiger partial charge >= 0.3 is 11.9 Å². The molecule has 0 spiro atoms. The molecule has 1 N–H and O–H groups in total. The van der Waals surface area contributed by atoms with Crippen molar-refractivity contribution in [2.24, 2.45) is 34.5 Å². The molecule has 7 heteroatoms. The van der Waals surface area contributed by atoms with E-state index in [0.29, 0.717) is 19.3 Å². The van der Waals surface area contributed by atoms with Crippen molar-refractivity contribution in [3.05, 3.63) is 23.5 Å². The maximum absolute atomic E-state index is 13.3. The Morgan fingerprint density at radius 2 is 1.83 bits per heavy atom. The number of hydrogen-bond acceptors (Lipinski definition) is 7. The normalized spacial score (nSPS) is 39.2. The van der Waals surface area contributed by atoms with Crippen LogP contribution in [0, 0.1) is 34.5 Å². The molecule has 0 heterocycles. The Labute approximate surface area is 213 Å². The summed E-state index contributed by atoms with van der Waals surface area (Å²) in [5, 5.41) is 11.8. The summed E-state index contributed by atoms with van der Waals surface area (Å²) in [6, 6.07) is 0. The predicted octanol–water partition coefficient (Wildman–Crippen LogP) is 4.46. The van der Waals surface area contributed by atoms with Crippen LogP contribution in [0.1, 0.15) is 86.0 Å². The van der Waals surface area contributed by atoms with Crippen molar-refractivity contribution in [2.75, 3.05) is 6.61 Å². The molecule has 4 rings (SSSR count). The van der Waals surface area contributed by atoms with Gasteiger partial charge in [0.25, 0.3) is 0 Å². The van der Waals surface area contributed by atoms with E-state index < -0.39 is 34.2 Å². The van der Waals surface area contributed by atoms with Crippen LogP contribution in [-0.2, 0) is 28.7 Å². The molecular formula is C29H40O7. The number of ketones is 2. The van der Waals surface area contributed by atoms with E-state index in [1.54, 1.807) is 6.08 Å². The molecule has 4 aliphatic rings. The minimum atomic E-state index is -1.52. The molecule has 0 aliphatic heterocycles. The number of hydrogen-bond donors (Lipinski definition) is 1. The minimum absolute atomic E-state index is 0.0953. The van der Waals surface area contributed by atoms with E-state index in [1.807, 2.05) is 19.9 Å². The number of allylic oxidation sites excluding steroid dienone is 3. The Bertz CT molecular complexity index is 1020. The van der Waals surface area contributed by atoms with Gasteiger partial charge in [-0.3, -0.25) is 19.2 Å². The lowest BCUT2D eigenvalue weighted by Crippen LogP contribution is -2.58. The largest absolute Gasteiger partial charge is 0.458 e. The quantitative estimate of drug-likeness (QED) is 0.514. The van der Waals surface area contributed by atoms with Crippen molar-refractivity contribution >= 4 is 23.5 Å². The summed E-state index contributed by atoms with van der Waals surface area (Å²) < 4.78 is 10.5. The lowest BCUT2D eigenvalue weighted by molar-refractivity contribution is -0.169. The first-order chi connectivity index (χ1) is 16.9. The first-order valence-electron chi connectivity index (χ1n) is 13.5. The van der Waals surface area contributed by atoms with E-state index in [1.165, 1.54) is 6.92 Å². The van der Waals surface area contributed by atoms with Gasteiger partial charge in [-0.15, -0.1) is 0 Å². The van der Waals surface area contributed by atoms with Gasteiger partial charge in [-0.05, 0) is 74.3 Å². The Morgan fingerprint density at radius 3 is 2.50 bits per heavy atom. The first-order valence-corrected chi connectivity index (χ1v) is 13.5. The topological polar surface area (TPSA) is 107 Å². The van der Waals surface area contributed by atoms with Crippen molar-refractivity contribution in [1.82, 2.24) is 0 Å². The average molecular weight is 501 g/mol. The molecule has 3 saturated carbocycles. The molecule has 4 aliphatic carbocycles. The summed E-state index contributed by atoms with van der Waals surface area (Å²) in [5.41, 5.74) is -1.47. The van der Waals surface area contributed by atoms with E-state index in [9.17, 15) is 24.3 Å². The Hall–Kier alpha value is -2.28. The molecule has 198 valence electrons. The standard InChI is InChI=1S/C29H40O7/c1-6-7-8-26(33)35-16-25(32)29(34)12-10-21-19-13-17(2)22-14-23(31)24(36-18(3)30)15-27(22,4)20(19)9-11-28(21,29)5/h14-15,17,19-21,34H,6-13,16H2,1-5H3/t17-,19+,20-,21-,27+,28-,29+/m0/s1. The van der Waals surface area contributed by atoms with Gasteiger partial charge < -0.3 is 14.6 Å². The van der Waals surface area contributed by atoms with Crippen molar-refractivity contribution in [3.8, 4) is 0 Å². The number of unbranched alkanes of at least 4 members (excludes halogenated alkanes) is 1. The summed E-state index contributed by atoms with van der Waals surface area (Å²) >= 11 is 0. The third-order valence-corrected chi connectivity index (χ3v) is 9.91. The zero-order valence-corrected chi connectivity index (χ0v) is 22.2. The number of Topliss-reactive ketones (excluding diaryl/α,β-unsaturated/α-hetero) is 1. The SMILES string of the molecule is CCCCC(=O)OCC(=O)[C@]1(O)CC[C@H]2[C@@H]3C[C@H](C)C4=CC(=O)C(OC(C)=O)=C[C@]4(C)[C@H]3CC[C@@]21C. The fourth-order valence-electron chi connectivity index (χ4n) is 8.05.